The van der Waals surface area contributed by atoms with Gasteiger partial charge in [-0.3, -0.25) is 0 Å². The minimum Gasteiger partial charge on any atom is -0.355 e. The second-order valence-electron chi connectivity index (χ2n) is 3.48. The second kappa shape index (κ2) is 6.34. The van der Waals surface area contributed by atoms with Crippen molar-refractivity contribution in [2.24, 2.45) is 4.99 Å². The Morgan fingerprint density at radius 3 is 2.35 bits per heavy atom. The van der Waals surface area contributed by atoms with Gasteiger partial charge >= 0.3 is 0 Å². The van der Waals surface area contributed by atoms with Gasteiger partial charge in [-0.05, 0) is 45.1 Å². The SMILES string of the molecule is CN(C)C(=S)N=c1nc(NC(=S)N(C)C)ss1. The molecule has 1 aromatic rings. The molecule has 0 saturated carbocycles. The summed E-state index contributed by atoms with van der Waals surface area (Å²) in [6.45, 7) is 0. The number of nitrogens with one attached hydrogen (secondary N) is 1. The zero-order chi connectivity index (χ0) is 13.0. The first kappa shape index (κ1) is 14.4. The summed E-state index contributed by atoms with van der Waals surface area (Å²) in [6.07, 6.45) is 0. The van der Waals surface area contributed by atoms with Gasteiger partial charge in [0.15, 0.2) is 10.2 Å². The van der Waals surface area contributed by atoms with Gasteiger partial charge < -0.3 is 15.1 Å². The largest absolute Gasteiger partial charge is 0.355 e. The predicted molar refractivity (Wildman–Crippen MR) is 81.7 cm³/mol. The first-order valence-corrected chi connectivity index (χ1v) is 7.58. The molecule has 0 aliphatic carbocycles. The van der Waals surface area contributed by atoms with Crippen molar-refractivity contribution in [3.8, 4) is 0 Å². The summed E-state index contributed by atoms with van der Waals surface area (Å²) in [7, 11) is 10.4. The molecule has 0 aliphatic rings. The van der Waals surface area contributed by atoms with Crippen LogP contribution in [0.25, 0.3) is 0 Å². The molecule has 94 valence electrons. The fourth-order valence-electron chi connectivity index (χ4n) is 0.678. The van der Waals surface area contributed by atoms with Crippen molar-refractivity contribution >= 4 is 60.5 Å². The smallest absolute Gasteiger partial charge is 0.224 e. The monoisotopic (exact) mass is 307 g/mol. The lowest BCUT2D eigenvalue weighted by molar-refractivity contribution is 0.626. The van der Waals surface area contributed by atoms with Gasteiger partial charge in [0.25, 0.3) is 0 Å². The van der Waals surface area contributed by atoms with E-state index >= 15 is 0 Å². The summed E-state index contributed by atoms with van der Waals surface area (Å²) in [6, 6.07) is 0. The van der Waals surface area contributed by atoms with Crippen molar-refractivity contribution in [1.29, 1.82) is 0 Å². The van der Waals surface area contributed by atoms with E-state index < -0.39 is 0 Å². The molecule has 0 saturated heterocycles. The van der Waals surface area contributed by atoms with Gasteiger partial charge in [-0.1, -0.05) is 0 Å². The number of nitrogens with zero attached hydrogens (tertiary/aromatic N) is 4. The van der Waals surface area contributed by atoms with Crippen LogP contribution in [0.4, 0.5) is 5.13 Å². The van der Waals surface area contributed by atoms with Crippen molar-refractivity contribution in [2.75, 3.05) is 33.5 Å². The highest BCUT2D eigenvalue weighted by molar-refractivity contribution is 7.80. The van der Waals surface area contributed by atoms with Crippen molar-refractivity contribution in [1.82, 2.24) is 14.8 Å². The fraction of sp³-hybridized carbons (Fsp3) is 0.500. The minimum atomic E-state index is 0.508. The van der Waals surface area contributed by atoms with E-state index in [2.05, 4.69) is 15.3 Å². The van der Waals surface area contributed by atoms with Gasteiger partial charge in [0, 0.05) is 28.2 Å². The Hall–Kier alpha value is -0.640. The molecule has 0 fully saturated rings. The standard InChI is InChI=1S/C8H13N5S4/c1-12(2)7(14)10-5-9-6(17-16-5)11-8(15)13(3)4/h1-4H3,(H,9,10,11,14,15). The zero-order valence-corrected chi connectivity index (χ0v) is 13.2. The number of hydrogen-bond acceptors (Lipinski definition) is 5. The first-order chi connectivity index (χ1) is 7.90. The number of rotatable bonds is 1. The molecule has 1 aromatic heterocycles. The summed E-state index contributed by atoms with van der Waals surface area (Å²) in [5, 5.41) is 4.88. The average Bonchev–Trinajstić information content (AvgIpc) is 2.65. The minimum absolute atomic E-state index is 0.508. The van der Waals surface area contributed by atoms with Crippen LogP contribution in [0.2, 0.25) is 0 Å². The maximum Gasteiger partial charge on any atom is 0.224 e. The van der Waals surface area contributed by atoms with Gasteiger partial charge in [-0.2, -0.15) is 9.98 Å². The molecule has 1 rings (SSSR count). The Balaban J connectivity index is 2.79. The summed E-state index contributed by atoms with van der Waals surface area (Å²) in [5.74, 6) is 0. The van der Waals surface area contributed by atoms with Crippen LogP contribution >= 0.6 is 45.1 Å². The molecule has 1 N–H and O–H groups in total. The molecule has 0 radical (unpaired) electrons. The van der Waals surface area contributed by atoms with Gasteiger partial charge in [0.2, 0.25) is 9.93 Å². The number of hydrogen-bond donors (Lipinski definition) is 1. The highest BCUT2D eigenvalue weighted by Gasteiger charge is 2.04. The topological polar surface area (TPSA) is 43.8 Å². The third kappa shape index (κ3) is 4.62. The molecule has 9 heteroatoms. The summed E-state index contributed by atoms with van der Waals surface area (Å²) in [5.41, 5.74) is 0. The van der Waals surface area contributed by atoms with E-state index in [9.17, 15) is 0 Å². The maximum atomic E-state index is 5.12. The van der Waals surface area contributed by atoms with E-state index in [0.29, 0.717) is 15.0 Å². The third-order valence-electron chi connectivity index (χ3n) is 1.59. The van der Waals surface area contributed by atoms with Crippen LogP contribution in [-0.4, -0.2) is 53.2 Å². The lowest BCUT2D eigenvalue weighted by Gasteiger charge is -2.12. The van der Waals surface area contributed by atoms with Crippen LogP contribution in [0.15, 0.2) is 4.99 Å². The van der Waals surface area contributed by atoms with Crippen molar-refractivity contribution in [3.05, 3.63) is 4.80 Å². The van der Waals surface area contributed by atoms with Crippen molar-refractivity contribution < 1.29 is 0 Å². The van der Waals surface area contributed by atoms with Crippen LogP contribution in [0, 0.1) is 0 Å². The molecule has 0 bridgehead atoms. The van der Waals surface area contributed by atoms with Crippen LogP contribution in [0.3, 0.4) is 0 Å². The van der Waals surface area contributed by atoms with Crippen molar-refractivity contribution in [3.63, 3.8) is 0 Å². The van der Waals surface area contributed by atoms with E-state index in [4.69, 9.17) is 24.4 Å². The van der Waals surface area contributed by atoms with Gasteiger partial charge in [-0.25, -0.2) is 0 Å². The summed E-state index contributed by atoms with van der Waals surface area (Å²) in [4.78, 5) is 12.7. The third-order valence-corrected chi connectivity index (χ3v) is 4.45. The van der Waals surface area contributed by atoms with Gasteiger partial charge in [0.1, 0.15) is 0 Å². The Kier molecular flexibility index (Phi) is 5.37. The average molecular weight is 307 g/mol. The molecule has 5 nitrogen and oxygen atoms in total. The van der Waals surface area contributed by atoms with Crippen LogP contribution in [0.1, 0.15) is 0 Å². The Morgan fingerprint density at radius 2 is 1.82 bits per heavy atom. The quantitative estimate of drug-likeness (QED) is 0.621. The Morgan fingerprint density at radius 1 is 1.18 bits per heavy atom. The van der Waals surface area contributed by atoms with Crippen LogP contribution < -0.4 is 10.1 Å². The van der Waals surface area contributed by atoms with Crippen molar-refractivity contribution in [2.45, 2.75) is 0 Å². The lowest BCUT2D eigenvalue weighted by Crippen LogP contribution is -2.27. The van der Waals surface area contributed by atoms with Gasteiger partial charge in [0.05, 0.1) is 0 Å². The summed E-state index contributed by atoms with van der Waals surface area (Å²) < 4.78 is 0. The van der Waals surface area contributed by atoms with E-state index in [1.165, 1.54) is 20.7 Å². The maximum absolute atomic E-state index is 5.12. The first-order valence-electron chi connectivity index (χ1n) is 4.61. The second-order valence-corrected chi connectivity index (χ2v) is 6.32. The molecule has 17 heavy (non-hydrogen) atoms. The fourth-order valence-corrected chi connectivity index (χ4v) is 2.63. The molecule has 0 amide bonds. The molecule has 0 atom stereocenters. The summed E-state index contributed by atoms with van der Waals surface area (Å²) >= 11 is 10.2. The van der Waals surface area contributed by atoms with Gasteiger partial charge in [-0.15, -0.1) is 0 Å². The number of anilines is 1. The normalized spacial score (nSPS) is 11.2. The van der Waals surface area contributed by atoms with E-state index in [1.54, 1.807) is 4.90 Å². The molecule has 1 heterocycles. The van der Waals surface area contributed by atoms with E-state index in [1.807, 2.05) is 33.1 Å². The molecule has 0 aliphatic heterocycles. The predicted octanol–water partition coefficient (Wildman–Crippen LogP) is 1.21. The molecule has 0 unspecified atom stereocenters. The Bertz CT molecular complexity index is 472. The highest BCUT2D eigenvalue weighted by atomic mass is 32.9. The molecular formula is C8H13N5S4. The molecular weight excluding hydrogens is 294 g/mol. The zero-order valence-electron chi connectivity index (χ0n) is 9.92. The van der Waals surface area contributed by atoms with Crippen LogP contribution in [-0.2, 0) is 0 Å². The number of thiocarbonyl (C=S) groups is 2. The van der Waals surface area contributed by atoms with E-state index in [0.717, 1.165) is 5.13 Å². The highest BCUT2D eigenvalue weighted by Crippen LogP contribution is 2.13. The van der Waals surface area contributed by atoms with E-state index in [-0.39, 0.29) is 0 Å². The number of aromatic nitrogens is 1. The van der Waals surface area contributed by atoms with Crippen LogP contribution in [0.5, 0.6) is 0 Å². The Labute approximate surface area is 118 Å². The molecule has 0 aromatic carbocycles. The lowest BCUT2D eigenvalue weighted by atomic mass is 10.8. The molecule has 0 spiro atoms.